The summed E-state index contributed by atoms with van der Waals surface area (Å²) in [6.45, 7) is 4.71. The van der Waals surface area contributed by atoms with Gasteiger partial charge in [0.15, 0.2) is 0 Å². The summed E-state index contributed by atoms with van der Waals surface area (Å²) in [5.41, 5.74) is 2.93. The number of anilines is 1. The average Bonchev–Trinajstić information content (AvgIpc) is 2.83. The predicted octanol–water partition coefficient (Wildman–Crippen LogP) is 1.48. The van der Waals surface area contributed by atoms with E-state index in [1.54, 1.807) is 25.3 Å². The molecular formula is C16H23N7O. The number of aryl methyl sites for hydroxylation is 2. The summed E-state index contributed by atoms with van der Waals surface area (Å²) >= 11 is 0. The number of nitrogens with one attached hydrogen (secondary N) is 1. The van der Waals surface area contributed by atoms with Crippen LogP contribution in [0.4, 0.5) is 10.6 Å². The summed E-state index contributed by atoms with van der Waals surface area (Å²) in [6, 6.07) is 4.00. The quantitative estimate of drug-likeness (QED) is 0.923. The summed E-state index contributed by atoms with van der Waals surface area (Å²) in [4.78, 5) is 24.0. The van der Waals surface area contributed by atoms with Gasteiger partial charge in [-0.1, -0.05) is 0 Å². The van der Waals surface area contributed by atoms with Crippen LogP contribution < -0.4 is 5.32 Å². The zero-order chi connectivity index (χ0) is 17.1. The molecule has 2 aromatic rings. The van der Waals surface area contributed by atoms with Gasteiger partial charge in [-0.25, -0.2) is 14.8 Å². The maximum atomic E-state index is 12.2. The molecule has 0 aliphatic carbocycles. The minimum atomic E-state index is 0.0424. The molecule has 1 N–H and O–H groups in total. The maximum Gasteiger partial charge on any atom is 0.319 e. The minimum absolute atomic E-state index is 0.0424. The zero-order valence-electron chi connectivity index (χ0n) is 14.4. The second kappa shape index (κ2) is 6.86. The van der Waals surface area contributed by atoms with Crippen LogP contribution in [0.3, 0.4) is 0 Å². The highest BCUT2D eigenvalue weighted by Crippen LogP contribution is 2.15. The number of urea groups is 1. The lowest BCUT2D eigenvalue weighted by Gasteiger charge is -2.23. The van der Waals surface area contributed by atoms with Crippen molar-refractivity contribution >= 4 is 11.8 Å². The third-order valence-corrected chi connectivity index (χ3v) is 3.97. The Morgan fingerprint density at radius 1 is 1.29 bits per heavy atom. The lowest BCUT2D eigenvalue weighted by Crippen LogP contribution is -2.38. The number of aromatic nitrogens is 4. The molecule has 3 rings (SSSR count). The van der Waals surface area contributed by atoms with E-state index in [4.69, 9.17) is 0 Å². The van der Waals surface area contributed by atoms with Crippen molar-refractivity contribution in [2.45, 2.75) is 33.0 Å². The Balaban J connectivity index is 1.68. The molecule has 2 aromatic heterocycles. The highest BCUT2D eigenvalue weighted by atomic mass is 16.2. The third-order valence-electron chi connectivity index (χ3n) is 3.97. The largest absolute Gasteiger partial charge is 0.364 e. The van der Waals surface area contributed by atoms with Crippen LogP contribution in [0.15, 0.2) is 18.5 Å². The standard InChI is InChI=1S/C16H23N7O/c1-12-7-15(19-11-18-12)17-9-13-8-14-10-22(16(24)21(2)3)5-4-6-23(14)20-13/h7-8,11H,4-6,9-10H2,1-3H3,(H,17,18,19). The van der Waals surface area contributed by atoms with Crippen molar-refractivity contribution in [3.05, 3.63) is 35.5 Å². The van der Waals surface area contributed by atoms with Crippen LogP contribution in [0.2, 0.25) is 0 Å². The van der Waals surface area contributed by atoms with Gasteiger partial charge in [0.2, 0.25) is 0 Å². The second-order valence-electron chi connectivity index (χ2n) is 6.20. The van der Waals surface area contributed by atoms with Crippen LogP contribution in [-0.2, 0) is 19.6 Å². The Hall–Kier alpha value is -2.64. The third kappa shape index (κ3) is 3.64. The van der Waals surface area contributed by atoms with E-state index in [1.807, 2.05) is 22.6 Å². The van der Waals surface area contributed by atoms with E-state index >= 15 is 0 Å². The Morgan fingerprint density at radius 3 is 2.88 bits per heavy atom. The normalized spacial score (nSPS) is 14.0. The first-order valence-electron chi connectivity index (χ1n) is 8.07. The summed E-state index contributed by atoms with van der Waals surface area (Å²) in [6.07, 6.45) is 2.46. The summed E-state index contributed by atoms with van der Waals surface area (Å²) in [7, 11) is 3.56. The molecule has 0 bridgehead atoms. The van der Waals surface area contributed by atoms with Gasteiger partial charge in [0.25, 0.3) is 0 Å². The highest BCUT2D eigenvalue weighted by molar-refractivity contribution is 5.73. The molecule has 0 radical (unpaired) electrons. The van der Waals surface area contributed by atoms with Gasteiger partial charge in [-0.05, 0) is 19.4 Å². The number of rotatable bonds is 3. The number of nitrogens with zero attached hydrogens (tertiary/aromatic N) is 6. The van der Waals surface area contributed by atoms with Crippen LogP contribution in [0, 0.1) is 6.92 Å². The fourth-order valence-electron chi connectivity index (χ4n) is 2.79. The number of carbonyl (C=O) groups is 1. The molecule has 8 heteroatoms. The summed E-state index contributed by atoms with van der Waals surface area (Å²) in [5, 5.41) is 7.91. The van der Waals surface area contributed by atoms with E-state index in [0.717, 1.165) is 42.4 Å². The van der Waals surface area contributed by atoms with Crippen LogP contribution >= 0.6 is 0 Å². The Labute approximate surface area is 141 Å². The SMILES string of the molecule is Cc1cc(NCc2cc3n(n2)CCCN(C(=O)N(C)C)C3)ncn1. The van der Waals surface area contributed by atoms with Gasteiger partial charge < -0.3 is 15.1 Å². The van der Waals surface area contributed by atoms with Gasteiger partial charge in [-0.3, -0.25) is 4.68 Å². The van der Waals surface area contributed by atoms with Gasteiger partial charge in [-0.2, -0.15) is 5.10 Å². The molecule has 24 heavy (non-hydrogen) atoms. The van der Waals surface area contributed by atoms with Crippen molar-refractivity contribution in [1.82, 2.24) is 29.5 Å². The fourth-order valence-corrected chi connectivity index (χ4v) is 2.79. The lowest BCUT2D eigenvalue weighted by molar-refractivity contribution is 0.169. The smallest absolute Gasteiger partial charge is 0.319 e. The Bertz CT molecular complexity index is 725. The van der Waals surface area contributed by atoms with Crippen molar-refractivity contribution < 1.29 is 4.79 Å². The Kier molecular flexibility index (Phi) is 4.64. The molecule has 0 unspecified atom stereocenters. The first-order chi connectivity index (χ1) is 11.5. The topological polar surface area (TPSA) is 79.2 Å². The molecule has 128 valence electrons. The summed E-state index contributed by atoms with van der Waals surface area (Å²) in [5.74, 6) is 0.787. The Morgan fingerprint density at radius 2 is 2.12 bits per heavy atom. The van der Waals surface area contributed by atoms with Crippen molar-refractivity contribution in [3.63, 3.8) is 0 Å². The van der Waals surface area contributed by atoms with E-state index in [1.165, 1.54) is 0 Å². The highest BCUT2D eigenvalue weighted by Gasteiger charge is 2.21. The average molecular weight is 329 g/mol. The maximum absolute atomic E-state index is 12.2. The molecule has 0 aromatic carbocycles. The first-order valence-corrected chi connectivity index (χ1v) is 8.07. The molecule has 0 spiro atoms. The van der Waals surface area contributed by atoms with Gasteiger partial charge in [-0.15, -0.1) is 0 Å². The first kappa shape index (κ1) is 16.2. The van der Waals surface area contributed by atoms with E-state index in [2.05, 4.69) is 26.4 Å². The molecular weight excluding hydrogens is 306 g/mol. The summed E-state index contributed by atoms with van der Waals surface area (Å²) < 4.78 is 2.01. The number of carbonyl (C=O) groups excluding carboxylic acids is 1. The van der Waals surface area contributed by atoms with E-state index in [9.17, 15) is 4.79 Å². The van der Waals surface area contributed by atoms with Crippen LogP contribution in [0.5, 0.6) is 0 Å². The van der Waals surface area contributed by atoms with Crippen molar-refractivity contribution in [2.75, 3.05) is 26.0 Å². The van der Waals surface area contributed by atoms with Crippen molar-refractivity contribution in [1.29, 1.82) is 0 Å². The van der Waals surface area contributed by atoms with E-state index < -0.39 is 0 Å². The molecule has 1 aliphatic heterocycles. The molecule has 2 amide bonds. The van der Waals surface area contributed by atoms with E-state index in [-0.39, 0.29) is 6.03 Å². The van der Waals surface area contributed by atoms with Crippen LogP contribution in [-0.4, -0.2) is 56.2 Å². The number of hydrogen-bond acceptors (Lipinski definition) is 5. The number of amides is 2. The van der Waals surface area contributed by atoms with Crippen LogP contribution in [0.1, 0.15) is 23.5 Å². The molecule has 0 saturated heterocycles. The molecule has 1 aliphatic rings. The predicted molar refractivity (Wildman–Crippen MR) is 90.4 cm³/mol. The zero-order valence-corrected chi connectivity index (χ0v) is 14.4. The van der Waals surface area contributed by atoms with Gasteiger partial charge in [0.05, 0.1) is 24.5 Å². The van der Waals surface area contributed by atoms with Crippen LogP contribution in [0.25, 0.3) is 0 Å². The number of fused-ring (bicyclic) bond motifs is 1. The fraction of sp³-hybridized carbons (Fsp3) is 0.500. The lowest BCUT2D eigenvalue weighted by atomic mass is 10.3. The van der Waals surface area contributed by atoms with Gasteiger partial charge in [0, 0.05) is 38.9 Å². The second-order valence-corrected chi connectivity index (χ2v) is 6.20. The molecule has 0 saturated carbocycles. The van der Waals surface area contributed by atoms with Gasteiger partial charge >= 0.3 is 6.03 Å². The van der Waals surface area contributed by atoms with Crippen molar-refractivity contribution in [3.8, 4) is 0 Å². The monoisotopic (exact) mass is 329 g/mol. The number of hydrogen-bond donors (Lipinski definition) is 1. The molecule has 3 heterocycles. The van der Waals surface area contributed by atoms with Crippen molar-refractivity contribution in [2.24, 2.45) is 0 Å². The molecule has 0 atom stereocenters. The minimum Gasteiger partial charge on any atom is -0.364 e. The molecule has 0 fully saturated rings. The molecule has 8 nitrogen and oxygen atoms in total. The van der Waals surface area contributed by atoms with Gasteiger partial charge in [0.1, 0.15) is 12.1 Å². The van der Waals surface area contributed by atoms with E-state index in [0.29, 0.717) is 13.1 Å².